The lowest BCUT2D eigenvalue weighted by Gasteiger charge is -2.40. The smallest absolute Gasteiger partial charge is 0.338 e. The summed E-state index contributed by atoms with van der Waals surface area (Å²) in [6, 6.07) is 6.80. The number of hydrogen-bond acceptors (Lipinski definition) is 12. The third kappa shape index (κ3) is 5.62. The van der Waals surface area contributed by atoms with Crippen LogP contribution in [-0.4, -0.2) is 92.1 Å². The Morgan fingerprint density at radius 1 is 0.857 bits per heavy atom. The minimum atomic E-state index is -1.66. The monoisotopic (exact) mass is 496 g/mol. The molecule has 1 saturated heterocycles. The van der Waals surface area contributed by atoms with E-state index in [9.17, 15) is 25.2 Å². The van der Waals surface area contributed by atoms with Crippen molar-refractivity contribution in [1.29, 1.82) is 0 Å². The van der Waals surface area contributed by atoms with E-state index in [4.69, 9.17) is 33.2 Å². The number of ether oxygens (including phenoxy) is 7. The molecule has 0 bridgehead atoms. The highest BCUT2D eigenvalue weighted by molar-refractivity contribution is 5.90. The number of phenolic OH excluding ortho intramolecular Hbond substituents is 1. The van der Waals surface area contributed by atoms with Crippen LogP contribution in [0.25, 0.3) is 0 Å². The lowest BCUT2D eigenvalue weighted by molar-refractivity contribution is -0.277. The van der Waals surface area contributed by atoms with Crippen LogP contribution in [0.1, 0.15) is 10.4 Å². The number of methoxy groups -OCH3 is 4. The van der Waals surface area contributed by atoms with E-state index in [-0.39, 0.29) is 34.3 Å². The predicted octanol–water partition coefficient (Wildman–Crippen LogP) is 0.470. The summed E-state index contributed by atoms with van der Waals surface area (Å²) in [7, 11) is 5.60. The molecule has 35 heavy (non-hydrogen) atoms. The molecule has 192 valence electrons. The molecule has 1 heterocycles. The van der Waals surface area contributed by atoms with Gasteiger partial charge in [0.1, 0.15) is 36.8 Å². The quantitative estimate of drug-likeness (QED) is 0.356. The molecule has 0 aromatic heterocycles. The molecule has 1 fully saturated rings. The van der Waals surface area contributed by atoms with Gasteiger partial charge in [-0.25, -0.2) is 4.79 Å². The summed E-state index contributed by atoms with van der Waals surface area (Å²) >= 11 is 0. The van der Waals surface area contributed by atoms with Crippen molar-refractivity contribution >= 4 is 5.97 Å². The fourth-order valence-electron chi connectivity index (χ4n) is 3.46. The maximum atomic E-state index is 12.4. The van der Waals surface area contributed by atoms with Crippen LogP contribution >= 0.6 is 0 Å². The molecule has 5 atom stereocenters. The van der Waals surface area contributed by atoms with Gasteiger partial charge >= 0.3 is 5.97 Å². The van der Waals surface area contributed by atoms with Gasteiger partial charge in [0.05, 0.1) is 34.0 Å². The summed E-state index contributed by atoms with van der Waals surface area (Å²) < 4.78 is 37.2. The van der Waals surface area contributed by atoms with E-state index in [0.717, 1.165) is 0 Å². The molecule has 2 aromatic rings. The zero-order chi connectivity index (χ0) is 25.7. The Bertz CT molecular complexity index is 1000. The van der Waals surface area contributed by atoms with Crippen LogP contribution < -0.4 is 23.7 Å². The van der Waals surface area contributed by atoms with Gasteiger partial charge in [0.15, 0.2) is 23.0 Å². The Morgan fingerprint density at radius 2 is 1.49 bits per heavy atom. The number of aliphatic hydroxyl groups is 3. The van der Waals surface area contributed by atoms with Crippen molar-refractivity contribution < 1.29 is 58.4 Å². The normalized spacial score (nSPS) is 23.8. The van der Waals surface area contributed by atoms with Gasteiger partial charge in [-0.3, -0.25) is 0 Å². The summed E-state index contributed by atoms with van der Waals surface area (Å²) in [6.07, 6.45) is -7.53. The molecule has 4 N–H and O–H groups in total. The van der Waals surface area contributed by atoms with Gasteiger partial charge in [-0.1, -0.05) is 0 Å². The van der Waals surface area contributed by atoms with Crippen LogP contribution in [-0.2, 0) is 9.47 Å². The van der Waals surface area contributed by atoms with Crippen LogP contribution in [0.15, 0.2) is 30.3 Å². The molecule has 12 nitrogen and oxygen atoms in total. The highest BCUT2D eigenvalue weighted by Crippen LogP contribution is 2.41. The third-order valence-corrected chi connectivity index (χ3v) is 5.35. The number of rotatable bonds is 9. The Labute approximate surface area is 201 Å². The summed E-state index contributed by atoms with van der Waals surface area (Å²) in [6.45, 7) is -0.470. The molecule has 0 unspecified atom stereocenters. The first kappa shape index (κ1) is 26.2. The third-order valence-electron chi connectivity index (χ3n) is 5.35. The van der Waals surface area contributed by atoms with Gasteiger partial charge < -0.3 is 53.6 Å². The highest BCUT2D eigenvalue weighted by atomic mass is 16.7. The van der Waals surface area contributed by atoms with Gasteiger partial charge in [-0.15, -0.1) is 0 Å². The number of hydrogen-bond donors (Lipinski definition) is 4. The molecule has 0 aliphatic carbocycles. The van der Waals surface area contributed by atoms with Crippen molar-refractivity contribution in [2.75, 3.05) is 35.0 Å². The molecular weight excluding hydrogens is 468 g/mol. The molecule has 2 aromatic carbocycles. The van der Waals surface area contributed by atoms with Crippen molar-refractivity contribution in [3.05, 3.63) is 35.9 Å². The van der Waals surface area contributed by atoms with Crippen LogP contribution in [0.3, 0.4) is 0 Å². The molecule has 1 aliphatic heterocycles. The fraction of sp³-hybridized carbons (Fsp3) is 0.435. The molecule has 12 heteroatoms. The molecule has 3 rings (SSSR count). The van der Waals surface area contributed by atoms with Gasteiger partial charge in [-0.05, 0) is 18.2 Å². The van der Waals surface area contributed by atoms with E-state index in [1.807, 2.05) is 0 Å². The van der Waals surface area contributed by atoms with E-state index in [2.05, 4.69) is 0 Å². The van der Waals surface area contributed by atoms with Crippen molar-refractivity contribution in [2.24, 2.45) is 0 Å². The second kappa shape index (κ2) is 11.3. The molecule has 0 radical (unpaired) electrons. The molecule has 0 spiro atoms. The minimum Gasteiger partial charge on any atom is -0.504 e. The molecule has 0 amide bonds. The van der Waals surface area contributed by atoms with Crippen LogP contribution in [0, 0.1) is 0 Å². The Morgan fingerprint density at radius 3 is 2.06 bits per heavy atom. The van der Waals surface area contributed by atoms with Gasteiger partial charge in [-0.2, -0.15) is 0 Å². The van der Waals surface area contributed by atoms with E-state index >= 15 is 0 Å². The zero-order valence-electron chi connectivity index (χ0n) is 19.5. The Kier molecular flexibility index (Phi) is 8.46. The Hall–Kier alpha value is -3.45. The minimum absolute atomic E-state index is 0.0748. The molecule has 1 aliphatic rings. The van der Waals surface area contributed by atoms with Crippen molar-refractivity contribution in [2.45, 2.75) is 30.7 Å². The Balaban J connectivity index is 1.73. The van der Waals surface area contributed by atoms with Crippen LogP contribution in [0.2, 0.25) is 0 Å². The first-order valence-electron chi connectivity index (χ1n) is 10.4. The van der Waals surface area contributed by atoms with E-state index < -0.39 is 43.3 Å². The van der Waals surface area contributed by atoms with E-state index in [1.165, 1.54) is 58.8 Å². The van der Waals surface area contributed by atoms with Crippen molar-refractivity contribution in [3.8, 4) is 34.5 Å². The van der Waals surface area contributed by atoms with E-state index in [1.54, 1.807) is 0 Å². The number of carbonyl (C=O) groups is 1. The van der Waals surface area contributed by atoms with Gasteiger partial charge in [0, 0.05) is 12.1 Å². The maximum absolute atomic E-state index is 12.4. The number of aliphatic hydroxyl groups excluding tert-OH is 3. The number of aromatic hydroxyl groups is 1. The summed E-state index contributed by atoms with van der Waals surface area (Å²) in [5.41, 5.74) is 0.0794. The molecular formula is C23H28O12. The van der Waals surface area contributed by atoms with Crippen LogP contribution in [0.5, 0.6) is 34.5 Å². The number of benzene rings is 2. The summed E-state index contributed by atoms with van der Waals surface area (Å²) in [5, 5.41) is 40.7. The lowest BCUT2D eigenvalue weighted by Crippen LogP contribution is -2.60. The van der Waals surface area contributed by atoms with Crippen molar-refractivity contribution in [3.63, 3.8) is 0 Å². The van der Waals surface area contributed by atoms with Crippen LogP contribution in [0.4, 0.5) is 0 Å². The fourth-order valence-corrected chi connectivity index (χ4v) is 3.46. The topological polar surface area (TPSA) is 163 Å². The maximum Gasteiger partial charge on any atom is 0.338 e. The molecule has 0 saturated carbocycles. The van der Waals surface area contributed by atoms with Crippen molar-refractivity contribution in [1.82, 2.24) is 0 Å². The number of esters is 1. The standard InChI is InChI=1S/C23H28O12/c1-29-14-7-11(5-6-13(14)24)22(28)33-10-17-18(25)19(26)20(27)23(35-17)34-12-8-15(30-2)21(32-4)16(9-12)31-3/h5-9,17-20,23-27H,10H2,1-4H3/t17-,18+,19-,20+,23-/m0/s1. The summed E-state index contributed by atoms with van der Waals surface area (Å²) in [4.78, 5) is 12.4. The lowest BCUT2D eigenvalue weighted by atomic mass is 9.99. The highest BCUT2D eigenvalue weighted by Gasteiger charge is 2.45. The average Bonchev–Trinajstić information content (AvgIpc) is 2.87. The van der Waals surface area contributed by atoms with Gasteiger partial charge in [0.2, 0.25) is 12.0 Å². The first-order chi connectivity index (χ1) is 16.7. The number of phenols is 1. The number of carbonyl (C=O) groups excluding carboxylic acids is 1. The van der Waals surface area contributed by atoms with Gasteiger partial charge in [0.25, 0.3) is 0 Å². The SMILES string of the molecule is COc1cc(C(=O)OC[C@@H]2O[C@H](Oc3cc(OC)c(OC)c(OC)c3)[C@H](O)[C@@H](O)[C@@H]2O)ccc1O. The summed E-state index contributed by atoms with van der Waals surface area (Å²) in [5.74, 6) is 0.161. The zero-order valence-corrected chi connectivity index (χ0v) is 19.5. The second-order valence-corrected chi connectivity index (χ2v) is 7.48. The second-order valence-electron chi connectivity index (χ2n) is 7.48. The largest absolute Gasteiger partial charge is 0.504 e. The predicted molar refractivity (Wildman–Crippen MR) is 118 cm³/mol. The first-order valence-corrected chi connectivity index (χ1v) is 10.4. The average molecular weight is 496 g/mol. The van der Waals surface area contributed by atoms with E-state index in [0.29, 0.717) is 5.75 Å².